The van der Waals surface area contributed by atoms with Crippen LogP contribution >= 0.6 is 0 Å². The van der Waals surface area contributed by atoms with Gasteiger partial charge in [-0.3, -0.25) is 0 Å². The van der Waals surface area contributed by atoms with Gasteiger partial charge >= 0.3 is 0 Å². The number of nitrogens with one attached hydrogen (secondary N) is 1. The summed E-state index contributed by atoms with van der Waals surface area (Å²) in [5.74, 6) is 0.321. The first-order valence-electron chi connectivity index (χ1n) is 5.09. The number of aliphatic hydroxyl groups excluding tert-OH is 1. The minimum atomic E-state index is -2.88. The fraction of sp³-hybridized carbons (Fsp3) is 1.00. The maximum absolute atomic E-state index is 11.3. The Kier molecular flexibility index (Phi) is 4.51. The summed E-state index contributed by atoms with van der Waals surface area (Å²) >= 11 is 0. The molecule has 0 unspecified atom stereocenters. The lowest BCUT2D eigenvalue weighted by molar-refractivity contribution is 0.129. The second-order valence-corrected chi connectivity index (χ2v) is 6.31. The first-order valence-corrected chi connectivity index (χ1v) is 6.91. The van der Waals surface area contributed by atoms with Gasteiger partial charge in [0, 0.05) is 19.2 Å². The van der Waals surface area contributed by atoms with Crippen LogP contribution < -0.4 is 5.32 Å². The minimum absolute atomic E-state index is 0.0216. The molecule has 1 fully saturated rings. The Morgan fingerprint density at radius 1 is 1.40 bits per heavy atom. The summed E-state index contributed by atoms with van der Waals surface area (Å²) < 4.78 is 27.4. The lowest BCUT2D eigenvalue weighted by atomic mass is 9.93. The third kappa shape index (κ3) is 3.71. The van der Waals surface area contributed by atoms with Crippen molar-refractivity contribution in [3.05, 3.63) is 0 Å². The second-order valence-electron chi connectivity index (χ2n) is 4.01. The minimum Gasteiger partial charge on any atom is -0.394 e. The molecule has 0 bridgehead atoms. The van der Waals surface area contributed by atoms with Crippen molar-refractivity contribution < 1.29 is 18.3 Å². The first kappa shape index (κ1) is 12.9. The van der Waals surface area contributed by atoms with Gasteiger partial charge in [-0.2, -0.15) is 0 Å². The van der Waals surface area contributed by atoms with Crippen LogP contribution in [0.2, 0.25) is 0 Å². The van der Waals surface area contributed by atoms with Gasteiger partial charge in [0.05, 0.1) is 24.7 Å². The van der Waals surface area contributed by atoms with E-state index in [0.717, 1.165) is 0 Å². The van der Waals surface area contributed by atoms with Crippen molar-refractivity contribution in [1.29, 1.82) is 0 Å². The number of hydrogen-bond acceptors (Lipinski definition) is 5. The predicted octanol–water partition coefficient (Wildman–Crippen LogP) is -0.838. The standard InChI is InChI=1S/C9H19NO4S/c1-14-5-4-10-9(8-11)2-6-15(12,13)7-3-9/h10-11H,2-8H2,1H3. The molecule has 0 saturated carbocycles. The van der Waals surface area contributed by atoms with Crippen LogP contribution in [-0.4, -0.2) is 57.4 Å². The Bertz CT molecular complexity index is 274. The predicted molar refractivity (Wildman–Crippen MR) is 57.6 cm³/mol. The number of aliphatic hydroxyl groups is 1. The Labute approximate surface area is 90.7 Å². The molecule has 1 aliphatic heterocycles. The molecule has 0 radical (unpaired) electrons. The molecule has 0 amide bonds. The van der Waals surface area contributed by atoms with Gasteiger partial charge < -0.3 is 15.2 Å². The van der Waals surface area contributed by atoms with Crippen LogP contribution in [0.3, 0.4) is 0 Å². The summed E-state index contributed by atoms with van der Waals surface area (Å²) in [5, 5.41) is 12.5. The van der Waals surface area contributed by atoms with Gasteiger partial charge in [-0.15, -0.1) is 0 Å². The zero-order chi connectivity index (χ0) is 11.4. The van der Waals surface area contributed by atoms with Crippen molar-refractivity contribution in [2.75, 3.05) is 38.4 Å². The molecule has 6 heteroatoms. The SMILES string of the molecule is COCCNC1(CO)CCS(=O)(=O)CC1. The molecule has 1 saturated heterocycles. The van der Waals surface area contributed by atoms with Crippen molar-refractivity contribution in [1.82, 2.24) is 5.32 Å². The third-order valence-corrected chi connectivity index (χ3v) is 4.54. The van der Waals surface area contributed by atoms with Crippen LogP contribution in [0.15, 0.2) is 0 Å². The van der Waals surface area contributed by atoms with E-state index in [4.69, 9.17) is 4.74 Å². The number of hydrogen-bond donors (Lipinski definition) is 2. The summed E-state index contributed by atoms with van der Waals surface area (Å²) in [6.45, 7) is 1.18. The lowest BCUT2D eigenvalue weighted by Gasteiger charge is -2.36. The van der Waals surface area contributed by atoms with E-state index in [2.05, 4.69) is 5.32 Å². The lowest BCUT2D eigenvalue weighted by Crippen LogP contribution is -2.54. The van der Waals surface area contributed by atoms with Crippen molar-refractivity contribution in [3.8, 4) is 0 Å². The van der Waals surface area contributed by atoms with E-state index < -0.39 is 15.4 Å². The van der Waals surface area contributed by atoms with Gasteiger partial charge in [0.25, 0.3) is 0 Å². The van der Waals surface area contributed by atoms with Gasteiger partial charge in [-0.1, -0.05) is 0 Å². The molecular weight excluding hydrogens is 218 g/mol. The summed E-state index contributed by atoms with van der Waals surface area (Å²) in [6, 6.07) is 0. The fourth-order valence-electron chi connectivity index (χ4n) is 1.74. The molecular formula is C9H19NO4S. The number of rotatable bonds is 5. The first-order chi connectivity index (χ1) is 7.04. The van der Waals surface area contributed by atoms with E-state index in [0.29, 0.717) is 26.0 Å². The van der Waals surface area contributed by atoms with Crippen molar-refractivity contribution >= 4 is 9.84 Å². The highest BCUT2D eigenvalue weighted by atomic mass is 32.2. The topological polar surface area (TPSA) is 75.6 Å². The quantitative estimate of drug-likeness (QED) is 0.610. The Hall–Kier alpha value is -0.170. The number of methoxy groups -OCH3 is 1. The van der Waals surface area contributed by atoms with Gasteiger partial charge in [0.2, 0.25) is 0 Å². The molecule has 1 heterocycles. The number of ether oxygens (including phenoxy) is 1. The van der Waals surface area contributed by atoms with Crippen molar-refractivity contribution in [2.24, 2.45) is 0 Å². The third-order valence-electron chi connectivity index (χ3n) is 2.89. The Balaban J connectivity index is 2.48. The smallest absolute Gasteiger partial charge is 0.150 e. The summed E-state index contributed by atoms with van der Waals surface area (Å²) in [6.07, 6.45) is 0.963. The van der Waals surface area contributed by atoms with Crippen LogP contribution in [-0.2, 0) is 14.6 Å². The molecule has 0 aromatic heterocycles. The average Bonchev–Trinajstić information content (AvgIpc) is 2.22. The molecule has 0 atom stereocenters. The normalized spacial score (nSPS) is 23.9. The maximum atomic E-state index is 11.3. The van der Waals surface area contributed by atoms with Gasteiger partial charge in [0.15, 0.2) is 0 Å². The van der Waals surface area contributed by atoms with Crippen LogP contribution in [0.4, 0.5) is 0 Å². The molecule has 0 aromatic rings. The van der Waals surface area contributed by atoms with Gasteiger partial charge in [-0.25, -0.2) is 8.42 Å². The summed E-state index contributed by atoms with van der Waals surface area (Å²) in [5.41, 5.74) is -0.427. The molecule has 1 rings (SSSR count). The molecule has 2 N–H and O–H groups in total. The maximum Gasteiger partial charge on any atom is 0.150 e. The van der Waals surface area contributed by atoms with Gasteiger partial charge in [0.1, 0.15) is 9.84 Å². The summed E-state index contributed by atoms with van der Waals surface area (Å²) in [7, 11) is -1.27. The van der Waals surface area contributed by atoms with Crippen LogP contribution in [0.1, 0.15) is 12.8 Å². The van der Waals surface area contributed by atoms with E-state index in [1.54, 1.807) is 7.11 Å². The largest absolute Gasteiger partial charge is 0.394 e. The van der Waals surface area contributed by atoms with E-state index >= 15 is 0 Å². The van der Waals surface area contributed by atoms with Crippen molar-refractivity contribution in [3.63, 3.8) is 0 Å². The zero-order valence-electron chi connectivity index (χ0n) is 9.03. The van der Waals surface area contributed by atoms with E-state index in [-0.39, 0.29) is 18.1 Å². The average molecular weight is 237 g/mol. The van der Waals surface area contributed by atoms with E-state index in [9.17, 15) is 13.5 Å². The number of sulfone groups is 1. The van der Waals surface area contributed by atoms with E-state index in [1.807, 2.05) is 0 Å². The summed E-state index contributed by atoms with van der Waals surface area (Å²) in [4.78, 5) is 0. The van der Waals surface area contributed by atoms with Crippen molar-refractivity contribution in [2.45, 2.75) is 18.4 Å². The van der Waals surface area contributed by atoms with Crippen LogP contribution in [0.25, 0.3) is 0 Å². The molecule has 0 spiro atoms. The highest BCUT2D eigenvalue weighted by molar-refractivity contribution is 7.91. The second kappa shape index (κ2) is 5.25. The van der Waals surface area contributed by atoms with E-state index in [1.165, 1.54) is 0 Å². The fourth-order valence-corrected chi connectivity index (χ4v) is 3.35. The zero-order valence-corrected chi connectivity index (χ0v) is 9.85. The Morgan fingerprint density at radius 3 is 2.47 bits per heavy atom. The van der Waals surface area contributed by atoms with Crippen LogP contribution in [0.5, 0.6) is 0 Å². The Morgan fingerprint density at radius 2 is 2.00 bits per heavy atom. The van der Waals surface area contributed by atoms with Gasteiger partial charge in [-0.05, 0) is 12.8 Å². The molecule has 1 aliphatic rings. The highest BCUT2D eigenvalue weighted by Crippen LogP contribution is 2.23. The van der Waals surface area contributed by atoms with Crippen LogP contribution in [0, 0.1) is 0 Å². The highest BCUT2D eigenvalue weighted by Gasteiger charge is 2.36. The molecule has 5 nitrogen and oxygen atoms in total. The molecule has 15 heavy (non-hydrogen) atoms. The molecule has 0 aromatic carbocycles. The monoisotopic (exact) mass is 237 g/mol. The molecule has 0 aliphatic carbocycles. The molecule has 90 valence electrons.